The van der Waals surface area contributed by atoms with Crippen molar-refractivity contribution >= 4 is 12.2 Å². The van der Waals surface area contributed by atoms with Gasteiger partial charge in [-0.3, -0.25) is 0 Å². The predicted molar refractivity (Wildman–Crippen MR) is 47.6 cm³/mol. The van der Waals surface area contributed by atoms with Crippen molar-refractivity contribution in [3.63, 3.8) is 0 Å². The normalized spacial score (nSPS) is 15.0. The molecule has 58 valence electrons. The van der Waals surface area contributed by atoms with Crippen LogP contribution in [0.15, 0.2) is 6.20 Å². The molecular formula is C10H13N. The Balaban J connectivity index is 2.73. The molecule has 0 bridgehead atoms. The lowest BCUT2D eigenvalue weighted by Crippen LogP contribution is -2.26. The van der Waals surface area contributed by atoms with Crippen molar-refractivity contribution in [2.45, 2.75) is 26.2 Å². The average Bonchev–Trinajstić information content (AvgIpc) is 2.47. The molecule has 0 amide bonds. The van der Waals surface area contributed by atoms with Crippen molar-refractivity contribution in [1.82, 2.24) is 4.98 Å². The van der Waals surface area contributed by atoms with Gasteiger partial charge in [0.05, 0.1) is 0 Å². The summed E-state index contributed by atoms with van der Waals surface area (Å²) in [5, 5.41) is 2.77. The zero-order valence-electron chi connectivity index (χ0n) is 6.85. The second kappa shape index (κ2) is 2.57. The van der Waals surface area contributed by atoms with Gasteiger partial charge in [0.1, 0.15) is 0 Å². The van der Waals surface area contributed by atoms with Crippen LogP contribution in [0.3, 0.4) is 0 Å². The Morgan fingerprint density at radius 2 is 2.18 bits per heavy atom. The molecule has 11 heavy (non-hydrogen) atoms. The first-order chi connectivity index (χ1) is 5.42. The summed E-state index contributed by atoms with van der Waals surface area (Å²) in [5.74, 6) is 0. The topological polar surface area (TPSA) is 15.8 Å². The van der Waals surface area contributed by atoms with Crippen LogP contribution in [0, 0.1) is 0 Å². The molecule has 1 nitrogen and oxygen atoms in total. The van der Waals surface area contributed by atoms with Crippen LogP contribution in [-0.2, 0) is 6.42 Å². The number of aromatic nitrogens is 1. The third-order valence-corrected chi connectivity index (χ3v) is 2.28. The molecule has 1 aliphatic rings. The largest absolute Gasteiger partial charge is 0.361 e. The van der Waals surface area contributed by atoms with Gasteiger partial charge in [0.15, 0.2) is 0 Å². The molecule has 0 unspecified atom stereocenters. The van der Waals surface area contributed by atoms with Crippen molar-refractivity contribution < 1.29 is 0 Å². The summed E-state index contributed by atoms with van der Waals surface area (Å²) in [5.41, 5.74) is 1.45. The van der Waals surface area contributed by atoms with Gasteiger partial charge in [-0.15, -0.1) is 0 Å². The van der Waals surface area contributed by atoms with Crippen LogP contribution in [0.2, 0.25) is 0 Å². The number of H-pyrrole nitrogens is 1. The predicted octanol–water partition coefficient (Wildman–Crippen LogP) is 0.932. The fourth-order valence-corrected chi connectivity index (χ4v) is 1.65. The van der Waals surface area contributed by atoms with Crippen LogP contribution < -0.4 is 10.6 Å². The Bertz CT molecular complexity index is 357. The van der Waals surface area contributed by atoms with Gasteiger partial charge in [-0.05, 0) is 30.0 Å². The van der Waals surface area contributed by atoms with Crippen LogP contribution in [0.1, 0.15) is 25.3 Å². The van der Waals surface area contributed by atoms with Gasteiger partial charge in [0, 0.05) is 11.5 Å². The van der Waals surface area contributed by atoms with E-state index in [0.717, 1.165) is 6.42 Å². The van der Waals surface area contributed by atoms with E-state index in [1.165, 1.54) is 29.0 Å². The van der Waals surface area contributed by atoms with E-state index in [9.17, 15) is 0 Å². The van der Waals surface area contributed by atoms with Crippen LogP contribution in [0.4, 0.5) is 0 Å². The Labute approximate surface area is 66.4 Å². The van der Waals surface area contributed by atoms with E-state index >= 15 is 0 Å². The number of aryl methyl sites for hydroxylation is 1. The molecule has 1 aromatic rings. The molecule has 1 heteroatoms. The number of fused-ring (bicyclic) bond motifs is 1. The minimum absolute atomic E-state index is 1.14. The summed E-state index contributed by atoms with van der Waals surface area (Å²) < 4.78 is 0. The van der Waals surface area contributed by atoms with Crippen molar-refractivity contribution in [2.24, 2.45) is 0 Å². The Morgan fingerprint density at radius 1 is 1.36 bits per heavy atom. The van der Waals surface area contributed by atoms with E-state index in [4.69, 9.17) is 0 Å². The summed E-state index contributed by atoms with van der Waals surface area (Å²) in [7, 11) is 0. The Morgan fingerprint density at radius 3 is 3.00 bits per heavy atom. The molecule has 0 aromatic carbocycles. The van der Waals surface area contributed by atoms with Gasteiger partial charge < -0.3 is 4.98 Å². The van der Waals surface area contributed by atoms with E-state index in [0.29, 0.717) is 0 Å². The smallest absolute Gasteiger partial charge is 0.0413 e. The minimum atomic E-state index is 1.14. The molecular weight excluding hydrogens is 134 g/mol. The molecule has 1 aliphatic carbocycles. The van der Waals surface area contributed by atoms with Crippen molar-refractivity contribution in [3.8, 4) is 0 Å². The van der Waals surface area contributed by atoms with E-state index in [1.54, 1.807) is 0 Å². The summed E-state index contributed by atoms with van der Waals surface area (Å²) in [4.78, 5) is 3.29. The molecule has 0 spiro atoms. The summed E-state index contributed by atoms with van der Waals surface area (Å²) in [6, 6.07) is 0. The van der Waals surface area contributed by atoms with Crippen LogP contribution in [-0.4, -0.2) is 4.98 Å². The summed E-state index contributed by atoms with van der Waals surface area (Å²) in [6.07, 6.45) is 10.3. The molecule has 0 saturated carbocycles. The molecule has 0 atom stereocenters. The van der Waals surface area contributed by atoms with Gasteiger partial charge >= 0.3 is 0 Å². The Kier molecular flexibility index (Phi) is 1.57. The molecule has 0 aliphatic heterocycles. The van der Waals surface area contributed by atoms with Crippen molar-refractivity contribution in [3.05, 3.63) is 22.3 Å². The lowest BCUT2D eigenvalue weighted by Gasteiger charge is -1.94. The molecule has 1 heterocycles. The quantitative estimate of drug-likeness (QED) is 0.608. The standard InChI is InChI=1S/C10H13N/c1-2-8-7-11-10-6-4-3-5-9(8)10/h5-7,11H,2-4H2,1H3. The highest BCUT2D eigenvalue weighted by Crippen LogP contribution is 1.97. The number of hydrogen-bond acceptors (Lipinski definition) is 0. The molecule has 0 saturated heterocycles. The molecule has 0 radical (unpaired) electrons. The molecule has 0 fully saturated rings. The van der Waals surface area contributed by atoms with Crippen molar-refractivity contribution in [2.75, 3.05) is 0 Å². The maximum absolute atomic E-state index is 3.29. The first-order valence-corrected chi connectivity index (χ1v) is 4.28. The van der Waals surface area contributed by atoms with Crippen LogP contribution in [0.5, 0.6) is 0 Å². The molecule has 2 rings (SSSR count). The second-order valence-corrected chi connectivity index (χ2v) is 2.98. The van der Waals surface area contributed by atoms with Crippen LogP contribution in [0.25, 0.3) is 12.2 Å². The first kappa shape index (κ1) is 6.71. The highest BCUT2D eigenvalue weighted by molar-refractivity contribution is 5.39. The van der Waals surface area contributed by atoms with E-state index < -0.39 is 0 Å². The highest BCUT2D eigenvalue weighted by Gasteiger charge is 1.98. The minimum Gasteiger partial charge on any atom is -0.361 e. The first-order valence-electron chi connectivity index (χ1n) is 4.28. The van der Waals surface area contributed by atoms with Gasteiger partial charge in [-0.2, -0.15) is 0 Å². The third kappa shape index (κ3) is 1.01. The van der Waals surface area contributed by atoms with Gasteiger partial charge in [-0.1, -0.05) is 19.1 Å². The number of nitrogens with one attached hydrogen (secondary N) is 1. The zero-order valence-corrected chi connectivity index (χ0v) is 6.85. The number of aromatic amines is 1. The third-order valence-electron chi connectivity index (χ3n) is 2.28. The zero-order chi connectivity index (χ0) is 7.68. The van der Waals surface area contributed by atoms with E-state index in [2.05, 4.69) is 30.3 Å². The number of rotatable bonds is 1. The lowest BCUT2D eigenvalue weighted by molar-refractivity contribution is 1.08. The summed E-state index contributed by atoms with van der Waals surface area (Å²) in [6.45, 7) is 2.20. The highest BCUT2D eigenvalue weighted by atomic mass is 14.7. The fraction of sp³-hybridized carbons (Fsp3) is 0.400. The van der Waals surface area contributed by atoms with Gasteiger partial charge in [0.25, 0.3) is 0 Å². The summed E-state index contributed by atoms with van der Waals surface area (Å²) >= 11 is 0. The van der Waals surface area contributed by atoms with Crippen LogP contribution >= 0.6 is 0 Å². The van der Waals surface area contributed by atoms with Gasteiger partial charge in [0.2, 0.25) is 0 Å². The molecule has 1 aromatic heterocycles. The fourth-order valence-electron chi connectivity index (χ4n) is 1.65. The van der Waals surface area contributed by atoms with Gasteiger partial charge in [-0.25, -0.2) is 0 Å². The SMILES string of the molecule is CCc1c[nH]c2c1=CCCC=2. The van der Waals surface area contributed by atoms with E-state index in [1.807, 2.05) is 0 Å². The lowest BCUT2D eigenvalue weighted by atomic mass is 10.1. The maximum Gasteiger partial charge on any atom is 0.0413 e. The molecule has 1 N–H and O–H groups in total. The van der Waals surface area contributed by atoms with E-state index in [-0.39, 0.29) is 0 Å². The van der Waals surface area contributed by atoms with Crippen molar-refractivity contribution in [1.29, 1.82) is 0 Å². The monoisotopic (exact) mass is 147 g/mol. The maximum atomic E-state index is 3.29. The average molecular weight is 147 g/mol. The second-order valence-electron chi connectivity index (χ2n) is 2.98. The Hall–Kier alpha value is -0.980. The number of hydrogen-bond donors (Lipinski definition) is 1.